The molecule has 1 heterocycles. The molecule has 94 valence electrons. The Morgan fingerprint density at radius 1 is 1.35 bits per heavy atom. The van der Waals surface area contributed by atoms with Gasteiger partial charge < -0.3 is 5.32 Å². The molecule has 1 unspecified atom stereocenters. The highest BCUT2D eigenvalue weighted by Crippen LogP contribution is 2.25. The first-order chi connectivity index (χ1) is 7.99. The monoisotopic (exact) mass is 253 g/mol. The zero-order chi connectivity index (χ0) is 12.5. The minimum absolute atomic E-state index is 0.0531. The van der Waals surface area contributed by atoms with Crippen LogP contribution in [0.2, 0.25) is 0 Å². The molecule has 1 atom stereocenters. The minimum Gasteiger partial charge on any atom is -0.381 e. The van der Waals surface area contributed by atoms with Gasteiger partial charge in [-0.15, -0.1) is 0 Å². The zero-order valence-corrected chi connectivity index (χ0v) is 11.1. The molecule has 0 amide bonds. The molecule has 1 N–H and O–H groups in total. The van der Waals surface area contributed by atoms with Gasteiger partial charge in [0.15, 0.2) is 9.84 Å². The number of hydrogen-bond donors (Lipinski definition) is 1. The highest BCUT2D eigenvalue weighted by molar-refractivity contribution is 7.92. The molecular formula is C13H19NO2S. The minimum atomic E-state index is -2.96. The molecule has 0 spiro atoms. The van der Waals surface area contributed by atoms with E-state index >= 15 is 0 Å². The molecule has 4 heteroatoms. The van der Waals surface area contributed by atoms with E-state index in [-0.39, 0.29) is 17.0 Å². The van der Waals surface area contributed by atoms with Gasteiger partial charge in [-0.2, -0.15) is 0 Å². The lowest BCUT2D eigenvalue weighted by Gasteiger charge is -2.27. The van der Waals surface area contributed by atoms with Crippen LogP contribution in [0.1, 0.15) is 25.8 Å². The van der Waals surface area contributed by atoms with Gasteiger partial charge >= 0.3 is 0 Å². The van der Waals surface area contributed by atoms with E-state index in [9.17, 15) is 8.42 Å². The summed E-state index contributed by atoms with van der Waals surface area (Å²) in [4.78, 5) is 0. The Hall–Kier alpha value is -1.03. The molecule has 1 aliphatic heterocycles. The molecule has 2 rings (SSSR count). The summed E-state index contributed by atoms with van der Waals surface area (Å²) in [5.41, 5.74) is 2.37. The van der Waals surface area contributed by atoms with Crippen LogP contribution in [0.5, 0.6) is 0 Å². The van der Waals surface area contributed by atoms with Crippen molar-refractivity contribution in [1.82, 2.24) is 0 Å². The maximum absolute atomic E-state index is 11.9. The van der Waals surface area contributed by atoms with E-state index in [2.05, 4.69) is 11.4 Å². The van der Waals surface area contributed by atoms with Crippen molar-refractivity contribution in [1.29, 1.82) is 0 Å². The lowest BCUT2D eigenvalue weighted by molar-refractivity contribution is 0.574. The Labute approximate surface area is 103 Å². The highest BCUT2D eigenvalue weighted by Gasteiger charge is 2.25. The summed E-state index contributed by atoms with van der Waals surface area (Å²) in [7, 11) is -2.96. The van der Waals surface area contributed by atoms with Crippen LogP contribution in [0.25, 0.3) is 0 Å². The molecule has 1 aromatic rings. The highest BCUT2D eigenvalue weighted by atomic mass is 32.2. The van der Waals surface area contributed by atoms with Gasteiger partial charge in [0, 0.05) is 11.7 Å². The molecule has 17 heavy (non-hydrogen) atoms. The van der Waals surface area contributed by atoms with Gasteiger partial charge in [0.1, 0.15) is 0 Å². The first-order valence-electron chi connectivity index (χ1n) is 6.05. The average Bonchev–Trinajstić information content (AvgIpc) is 2.28. The lowest BCUT2D eigenvalue weighted by atomic mass is 9.99. The van der Waals surface area contributed by atoms with E-state index in [1.807, 2.05) is 18.2 Å². The van der Waals surface area contributed by atoms with Gasteiger partial charge in [-0.1, -0.05) is 18.2 Å². The molecule has 0 aliphatic carbocycles. The first-order valence-corrected chi connectivity index (χ1v) is 7.76. The van der Waals surface area contributed by atoms with Gasteiger partial charge in [0.05, 0.1) is 11.0 Å². The molecule has 0 fully saturated rings. The van der Waals surface area contributed by atoms with Crippen molar-refractivity contribution in [2.45, 2.75) is 38.0 Å². The molecule has 3 nitrogen and oxygen atoms in total. The summed E-state index contributed by atoms with van der Waals surface area (Å²) in [6, 6.07) is 8.16. The predicted molar refractivity (Wildman–Crippen MR) is 71.1 cm³/mol. The van der Waals surface area contributed by atoms with E-state index in [0.29, 0.717) is 0 Å². The fraction of sp³-hybridized carbons (Fsp3) is 0.538. The molecular weight excluding hydrogens is 234 g/mol. The number of fused-ring (bicyclic) bond motifs is 1. The van der Waals surface area contributed by atoms with E-state index in [1.54, 1.807) is 13.8 Å². The quantitative estimate of drug-likeness (QED) is 0.898. The fourth-order valence-electron chi connectivity index (χ4n) is 2.10. The Morgan fingerprint density at radius 3 is 2.76 bits per heavy atom. The smallest absolute Gasteiger partial charge is 0.154 e. The number of sulfone groups is 1. The van der Waals surface area contributed by atoms with Crippen LogP contribution in [-0.4, -0.2) is 25.5 Å². The third kappa shape index (κ3) is 2.80. The molecule has 0 aromatic heterocycles. The zero-order valence-electron chi connectivity index (χ0n) is 10.3. The summed E-state index contributed by atoms with van der Waals surface area (Å²) in [5, 5.41) is 3.04. The number of anilines is 1. The Balaban J connectivity index is 2.09. The molecule has 1 aromatic carbocycles. The summed E-state index contributed by atoms with van der Waals surface area (Å²) in [6.07, 6.45) is 1.85. The SMILES string of the molecule is CC(C)S(=O)(=O)CC1CCc2ccccc2N1. The van der Waals surface area contributed by atoms with Crippen LogP contribution in [0.3, 0.4) is 0 Å². The summed E-state index contributed by atoms with van der Waals surface area (Å²) < 4.78 is 23.7. The topological polar surface area (TPSA) is 46.2 Å². The molecule has 0 saturated heterocycles. The third-order valence-electron chi connectivity index (χ3n) is 3.29. The van der Waals surface area contributed by atoms with E-state index < -0.39 is 9.84 Å². The standard InChI is InChI=1S/C13H19NO2S/c1-10(2)17(15,16)9-12-8-7-11-5-3-4-6-13(11)14-12/h3-6,10,12,14H,7-9H2,1-2H3. The van der Waals surface area contributed by atoms with Crippen molar-refractivity contribution in [3.05, 3.63) is 29.8 Å². The molecule has 0 radical (unpaired) electrons. The van der Waals surface area contributed by atoms with Crippen molar-refractivity contribution < 1.29 is 8.42 Å². The normalized spacial score (nSPS) is 19.8. The summed E-state index contributed by atoms with van der Waals surface area (Å²) in [5.74, 6) is 0.235. The van der Waals surface area contributed by atoms with Crippen molar-refractivity contribution in [3.63, 3.8) is 0 Å². The van der Waals surface area contributed by atoms with Crippen molar-refractivity contribution in [3.8, 4) is 0 Å². The van der Waals surface area contributed by atoms with Gasteiger partial charge in [0.2, 0.25) is 0 Å². The van der Waals surface area contributed by atoms with Crippen LogP contribution in [0, 0.1) is 0 Å². The van der Waals surface area contributed by atoms with E-state index in [0.717, 1.165) is 18.5 Å². The lowest BCUT2D eigenvalue weighted by Crippen LogP contribution is -2.35. The van der Waals surface area contributed by atoms with E-state index in [1.165, 1.54) is 5.56 Å². The van der Waals surface area contributed by atoms with Crippen LogP contribution in [0.15, 0.2) is 24.3 Å². The van der Waals surface area contributed by atoms with Crippen molar-refractivity contribution in [2.75, 3.05) is 11.1 Å². The number of para-hydroxylation sites is 1. The number of aryl methyl sites for hydroxylation is 1. The number of hydrogen-bond acceptors (Lipinski definition) is 3. The van der Waals surface area contributed by atoms with Gasteiger partial charge in [-0.3, -0.25) is 0 Å². The first kappa shape index (κ1) is 12.4. The second kappa shape index (κ2) is 4.69. The van der Waals surface area contributed by atoms with Crippen molar-refractivity contribution >= 4 is 15.5 Å². The van der Waals surface area contributed by atoms with Gasteiger partial charge in [0.25, 0.3) is 0 Å². The fourth-order valence-corrected chi connectivity index (χ4v) is 3.29. The molecule has 1 aliphatic rings. The Kier molecular flexibility index (Phi) is 3.43. The molecule has 0 bridgehead atoms. The summed E-state index contributed by atoms with van der Waals surface area (Å²) in [6.45, 7) is 3.48. The van der Waals surface area contributed by atoms with Crippen LogP contribution in [-0.2, 0) is 16.3 Å². The van der Waals surface area contributed by atoms with Crippen LogP contribution < -0.4 is 5.32 Å². The second-order valence-corrected chi connectivity index (χ2v) is 7.52. The Bertz CT molecular complexity index is 494. The third-order valence-corrected chi connectivity index (χ3v) is 5.59. The Morgan fingerprint density at radius 2 is 2.06 bits per heavy atom. The molecule has 0 saturated carbocycles. The number of rotatable bonds is 3. The van der Waals surface area contributed by atoms with Crippen LogP contribution in [0.4, 0.5) is 5.69 Å². The maximum atomic E-state index is 11.9. The maximum Gasteiger partial charge on any atom is 0.154 e. The van der Waals surface area contributed by atoms with Crippen molar-refractivity contribution in [2.24, 2.45) is 0 Å². The number of benzene rings is 1. The van der Waals surface area contributed by atoms with Crippen LogP contribution >= 0.6 is 0 Å². The second-order valence-electron chi connectivity index (χ2n) is 4.92. The largest absolute Gasteiger partial charge is 0.381 e. The van der Waals surface area contributed by atoms with Gasteiger partial charge in [-0.05, 0) is 38.3 Å². The predicted octanol–water partition coefficient (Wildman–Crippen LogP) is 2.24. The average molecular weight is 253 g/mol. The summed E-state index contributed by atoms with van der Waals surface area (Å²) >= 11 is 0. The van der Waals surface area contributed by atoms with E-state index in [4.69, 9.17) is 0 Å². The van der Waals surface area contributed by atoms with Gasteiger partial charge in [-0.25, -0.2) is 8.42 Å². The number of nitrogens with one attached hydrogen (secondary N) is 1.